The van der Waals surface area contributed by atoms with Crippen LogP contribution in [0.25, 0.3) is 5.69 Å². The molecule has 0 unspecified atom stereocenters. The van der Waals surface area contributed by atoms with Gasteiger partial charge >= 0.3 is 0 Å². The molecule has 31 heavy (non-hydrogen) atoms. The van der Waals surface area contributed by atoms with Crippen LogP contribution < -0.4 is 10.2 Å². The molecule has 0 radical (unpaired) electrons. The molecule has 9 heteroatoms. The molecular formula is C22H17ClN6O2. The predicted octanol–water partition coefficient (Wildman–Crippen LogP) is 3.66. The van der Waals surface area contributed by atoms with Gasteiger partial charge in [0.05, 0.1) is 23.1 Å². The van der Waals surface area contributed by atoms with Gasteiger partial charge in [-0.25, -0.2) is 10.1 Å². The molecule has 0 saturated heterocycles. The van der Waals surface area contributed by atoms with E-state index in [1.165, 1.54) is 0 Å². The van der Waals surface area contributed by atoms with E-state index in [0.29, 0.717) is 22.0 Å². The van der Waals surface area contributed by atoms with Crippen molar-refractivity contribution in [2.75, 3.05) is 0 Å². The van der Waals surface area contributed by atoms with Gasteiger partial charge < -0.3 is 4.74 Å². The number of rotatable bonds is 7. The normalized spacial score (nSPS) is 10.9. The third kappa shape index (κ3) is 5.31. The summed E-state index contributed by atoms with van der Waals surface area (Å²) in [5.74, 6) is 0.369. The van der Waals surface area contributed by atoms with Crippen LogP contribution in [0.1, 0.15) is 21.6 Å². The van der Waals surface area contributed by atoms with Crippen LogP contribution in [0, 0.1) is 0 Å². The fraction of sp³-hybridized carbons (Fsp3) is 0.0455. The fourth-order valence-electron chi connectivity index (χ4n) is 2.66. The van der Waals surface area contributed by atoms with E-state index < -0.39 is 0 Å². The SMILES string of the molecule is O=C(N/N=C/c1ccc(OCc2cn(-c3ccccc3Cl)nn2)cc1)c1ccncc1. The Hall–Kier alpha value is -4.04. The van der Waals surface area contributed by atoms with Crippen molar-refractivity contribution < 1.29 is 9.53 Å². The van der Waals surface area contributed by atoms with Crippen molar-refractivity contribution in [3.05, 3.63) is 101 Å². The first kappa shape index (κ1) is 20.2. The number of aromatic nitrogens is 4. The second kappa shape index (κ2) is 9.64. The van der Waals surface area contributed by atoms with Crippen molar-refractivity contribution in [2.45, 2.75) is 6.61 Å². The van der Waals surface area contributed by atoms with Crippen LogP contribution in [-0.4, -0.2) is 32.1 Å². The third-order valence-electron chi connectivity index (χ3n) is 4.23. The van der Waals surface area contributed by atoms with E-state index in [2.05, 4.69) is 25.8 Å². The minimum absolute atomic E-state index is 0.264. The van der Waals surface area contributed by atoms with E-state index in [1.807, 2.05) is 42.5 Å². The molecule has 1 N–H and O–H groups in total. The number of amides is 1. The van der Waals surface area contributed by atoms with Crippen LogP contribution in [0.3, 0.4) is 0 Å². The predicted molar refractivity (Wildman–Crippen MR) is 116 cm³/mol. The van der Waals surface area contributed by atoms with E-state index in [4.69, 9.17) is 16.3 Å². The highest BCUT2D eigenvalue weighted by atomic mass is 35.5. The highest BCUT2D eigenvalue weighted by Crippen LogP contribution is 2.19. The monoisotopic (exact) mass is 432 g/mol. The van der Waals surface area contributed by atoms with E-state index in [9.17, 15) is 4.79 Å². The van der Waals surface area contributed by atoms with Gasteiger partial charge in [-0.1, -0.05) is 28.9 Å². The molecule has 1 amide bonds. The molecular weight excluding hydrogens is 416 g/mol. The Morgan fingerprint density at radius 1 is 1.10 bits per heavy atom. The Labute approximate surface area is 183 Å². The zero-order valence-electron chi connectivity index (χ0n) is 16.2. The number of benzene rings is 2. The quantitative estimate of drug-likeness (QED) is 0.355. The number of nitrogens with one attached hydrogen (secondary N) is 1. The molecule has 2 aromatic carbocycles. The van der Waals surface area contributed by atoms with Crippen molar-refractivity contribution in [2.24, 2.45) is 5.10 Å². The molecule has 4 rings (SSSR count). The average Bonchev–Trinajstić information content (AvgIpc) is 3.28. The molecule has 0 aliphatic carbocycles. The van der Waals surface area contributed by atoms with E-state index in [-0.39, 0.29) is 12.5 Å². The van der Waals surface area contributed by atoms with Gasteiger partial charge in [-0.15, -0.1) is 5.10 Å². The van der Waals surface area contributed by atoms with Crippen molar-refractivity contribution in [1.82, 2.24) is 25.4 Å². The number of carbonyl (C=O) groups excluding carboxylic acids is 1. The topological polar surface area (TPSA) is 94.3 Å². The van der Waals surface area contributed by atoms with Crippen molar-refractivity contribution in [3.63, 3.8) is 0 Å². The number of hydrogen-bond acceptors (Lipinski definition) is 6. The number of halogens is 1. The third-order valence-corrected chi connectivity index (χ3v) is 4.55. The van der Waals surface area contributed by atoms with Crippen LogP contribution in [0.2, 0.25) is 5.02 Å². The number of hydrogen-bond donors (Lipinski definition) is 1. The Morgan fingerprint density at radius 3 is 2.65 bits per heavy atom. The first-order chi connectivity index (χ1) is 15.2. The number of carbonyl (C=O) groups is 1. The first-order valence-corrected chi connectivity index (χ1v) is 9.69. The molecule has 0 saturated carbocycles. The Bertz CT molecular complexity index is 1190. The minimum Gasteiger partial charge on any atom is -0.487 e. The van der Waals surface area contributed by atoms with Crippen molar-refractivity contribution in [3.8, 4) is 11.4 Å². The van der Waals surface area contributed by atoms with Gasteiger partial charge in [0.15, 0.2) is 0 Å². The van der Waals surface area contributed by atoms with Crippen molar-refractivity contribution in [1.29, 1.82) is 0 Å². The van der Waals surface area contributed by atoms with E-state index >= 15 is 0 Å². The second-order valence-electron chi connectivity index (χ2n) is 6.40. The highest BCUT2D eigenvalue weighted by Gasteiger charge is 2.07. The number of pyridine rings is 1. The van der Waals surface area contributed by atoms with Crippen molar-refractivity contribution >= 4 is 23.7 Å². The molecule has 0 atom stereocenters. The van der Waals surface area contributed by atoms with E-state index in [0.717, 1.165) is 11.3 Å². The molecule has 0 bridgehead atoms. The lowest BCUT2D eigenvalue weighted by molar-refractivity contribution is 0.0955. The maximum absolute atomic E-state index is 11.9. The smallest absolute Gasteiger partial charge is 0.271 e. The summed E-state index contributed by atoms with van der Waals surface area (Å²) in [7, 11) is 0. The summed E-state index contributed by atoms with van der Waals surface area (Å²) in [4.78, 5) is 15.8. The molecule has 0 aliphatic rings. The summed E-state index contributed by atoms with van der Waals surface area (Å²) in [6.07, 6.45) is 6.43. The first-order valence-electron chi connectivity index (χ1n) is 9.31. The second-order valence-corrected chi connectivity index (χ2v) is 6.81. The lowest BCUT2D eigenvalue weighted by Gasteiger charge is -2.04. The lowest BCUT2D eigenvalue weighted by atomic mass is 10.2. The van der Waals surface area contributed by atoms with Gasteiger partial charge in [0.2, 0.25) is 0 Å². The molecule has 2 heterocycles. The van der Waals surface area contributed by atoms with E-state index in [1.54, 1.807) is 47.7 Å². The van der Waals surface area contributed by atoms with Gasteiger partial charge in [0.1, 0.15) is 18.1 Å². The Balaban J connectivity index is 1.30. The molecule has 0 fully saturated rings. The highest BCUT2D eigenvalue weighted by molar-refractivity contribution is 6.32. The van der Waals surface area contributed by atoms with Crippen LogP contribution in [0.5, 0.6) is 5.75 Å². The number of para-hydroxylation sites is 1. The maximum atomic E-state index is 11.9. The van der Waals surface area contributed by atoms with Crippen LogP contribution in [0.15, 0.2) is 84.4 Å². The summed E-state index contributed by atoms with van der Waals surface area (Å²) in [5, 5.41) is 12.8. The maximum Gasteiger partial charge on any atom is 0.271 e. The minimum atomic E-state index is -0.302. The van der Waals surface area contributed by atoms with Gasteiger partial charge in [-0.2, -0.15) is 5.10 Å². The Morgan fingerprint density at radius 2 is 1.87 bits per heavy atom. The largest absolute Gasteiger partial charge is 0.487 e. The van der Waals surface area contributed by atoms with Gasteiger partial charge in [-0.3, -0.25) is 9.78 Å². The summed E-state index contributed by atoms with van der Waals surface area (Å²) in [6.45, 7) is 0.264. The summed E-state index contributed by atoms with van der Waals surface area (Å²) in [6, 6.07) is 17.9. The van der Waals surface area contributed by atoms with Crippen LogP contribution >= 0.6 is 11.6 Å². The van der Waals surface area contributed by atoms with Crippen LogP contribution in [0.4, 0.5) is 0 Å². The average molecular weight is 433 g/mol. The van der Waals surface area contributed by atoms with Crippen LogP contribution in [-0.2, 0) is 6.61 Å². The summed E-state index contributed by atoms with van der Waals surface area (Å²) in [5.41, 5.74) is 5.20. The van der Waals surface area contributed by atoms with Gasteiger partial charge in [-0.05, 0) is 54.1 Å². The number of ether oxygens (including phenoxy) is 1. The fourth-order valence-corrected chi connectivity index (χ4v) is 2.88. The Kier molecular flexibility index (Phi) is 6.29. The molecule has 0 aliphatic heterocycles. The summed E-state index contributed by atoms with van der Waals surface area (Å²) >= 11 is 6.18. The zero-order chi connectivity index (χ0) is 21.5. The molecule has 8 nitrogen and oxygen atoms in total. The van der Waals surface area contributed by atoms with Gasteiger partial charge in [0, 0.05) is 18.0 Å². The summed E-state index contributed by atoms with van der Waals surface area (Å²) < 4.78 is 7.37. The molecule has 0 spiro atoms. The number of hydrazone groups is 1. The lowest BCUT2D eigenvalue weighted by Crippen LogP contribution is -2.17. The standard InChI is InChI=1S/C22H17ClN6O2/c23-20-3-1-2-4-21(20)29-14-18(26-28-29)15-31-19-7-5-16(6-8-19)13-25-27-22(30)17-9-11-24-12-10-17/h1-14H,15H2,(H,27,30)/b25-13+. The molecule has 4 aromatic rings. The molecule has 2 aromatic heterocycles. The molecule has 154 valence electrons. The zero-order valence-corrected chi connectivity index (χ0v) is 17.0. The number of nitrogens with zero attached hydrogens (tertiary/aromatic N) is 5. The van der Waals surface area contributed by atoms with Gasteiger partial charge in [0.25, 0.3) is 5.91 Å².